The number of aromatic nitrogens is 2. The summed E-state index contributed by atoms with van der Waals surface area (Å²) in [5.41, 5.74) is 0.929. The van der Waals surface area contributed by atoms with Crippen molar-refractivity contribution in [2.24, 2.45) is 5.92 Å². The van der Waals surface area contributed by atoms with Crippen molar-refractivity contribution in [3.05, 3.63) is 17.4 Å². The van der Waals surface area contributed by atoms with E-state index in [2.05, 4.69) is 36.3 Å². The maximum Gasteiger partial charge on any atom is 0.153 e. The van der Waals surface area contributed by atoms with Gasteiger partial charge in [-0.3, -0.25) is 0 Å². The quantitative estimate of drug-likeness (QED) is 0.836. The van der Waals surface area contributed by atoms with Gasteiger partial charge in [-0.15, -0.1) is 5.10 Å². The topological polar surface area (TPSA) is 37.8 Å². The van der Waals surface area contributed by atoms with E-state index in [-0.39, 0.29) is 0 Å². The Morgan fingerprint density at radius 1 is 1.50 bits per heavy atom. The Bertz CT molecular complexity index is 290. The van der Waals surface area contributed by atoms with Crippen molar-refractivity contribution in [1.29, 1.82) is 0 Å². The van der Waals surface area contributed by atoms with E-state index in [0.29, 0.717) is 17.1 Å². The Morgan fingerprint density at radius 2 is 2.21 bits per heavy atom. The third-order valence-electron chi connectivity index (χ3n) is 2.52. The molecule has 1 rings (SSSR count). The van der Waals surface area contributed by atoms with Gasteiger partial charge < -0.3 is 5.32 Å². The van der Waals surface area contributed by atoms with Gasteiger partial charge in [0.05, 0.1) is 11.9 Å². The molecule has 14 heavy (non-hydrogen) atoms. The van der Waals surface area contributed by atoms with Gasteiger partial charge in [0.2, 0.25) is 0 Å². The standard InChI is InChI=1S/C10H16ClN3/c1-4-7(2)8(3)13-9-5-10(11)14-12-6-9/h5-8H,4H2,1-3H3,(H,13,14). The lowest BCUT2D eigenvalue weighted by molar-refractivity contribution is 0.494. The second-order valence-electron chi connectivity index (χ2n) is 3.59. The van der Waals surface area contributed by atoms with Gasteiger partial charge in [0.25, 0.3) is 0 Å². The maximum absolute atomic E-state index is 5.73. The molecule has 0 radical (unpaired) electrons. The van der Waals surface area contributed by atoms with E-state index in [1.807, 2.05) is 0 Å². The molecule has 1 N–H and O–H groups in total. The summed E-state index contributed by atoms with van der Waals surface area (Å²) in [6, 6.07) is 2.20. The summed E-state index contributed by atoms with van der Waals surface area (Å²) in [6.45, 7) is 6.55. The highest BCUT2D eigenvalue weighted by Crippen LogP contribution is 2.15. The van der Waals surface area contributed by atoms with Gasteiger partial charge in [-0.25, -0.2) is 0 Å². The molecule has 0 aromatic carbocycles. The van der Waals surface area contributed by atoms with E-state index in [4.69, 9.17) is 11.6 Å². The molecule has 3 nitrogen and oxygen atoms in total. The van der Waals surface area contributed by atoms with Crippen molar-refractivity contribution in [2.75, 3.05) is 5.32 Å². The highest BCUT2D eigenvalue weighted by atomic mass is 35.5. The smallest absolute Gasteiger partial charge is 0.153 e. The second kappa shape index (κ2) is 5.15. The first-order valence-corrected chi connectivity index (χ1v) is 5.26. The summed E-state index contributed by atoms with van der Waals surface area (Å²) in [4.78, 5) is 0. The summed E-state index contributed by atoms with van der Waals surface area (Å²) in [7, 11) is 0. The molecule has 1 aromatic heterocycles. The molecule has 0 aliphatic rings. The van der Waals surface area contributed by atoms with Crippen LogP contribution in [0, 0.1) is 5.92 Å². The molecule has 0 spiro atoms. The minimum atomic E-state index is 0.417. The number of nitrogens with one attached hydrogen (secondary N) is 1. The lowest BCUT2D eigenvalue weighted by Crippen LogP contribution is -2.23. The van der Waals surface area contributed by atoms with Crippen LogP contribution in [0.2, 0.25) is 5.15 Å². The molecule has 1 heterocycles. The van der Waals surface area contributed by atoms with Crippen molar-refractivity contribution < 1.29 is 0 Å². The minimum absolute atomic E-state index is 0.417. The van der Waals surface area contributed by atoms with Crippen LogP contribution in [0.1, 0.15) is 27.2 Å². The summed E-state index contributed by atoms with van der Waals surface area (Å²) >= 11 is 5.73. The van der Waals surface area contributed by atoms with Gasteiger partial charge in [-0.2, -0.15) is 5.10 Å². The van der Waals surface area contributed by atoms with E-state index in [9.17, 15) is 0 Å². The number of hydrogen-bond donors (Lipinski definition) is 1. The third-order valence-corrected chi connectivity index (χ3v) is 2.70. The third kappa shape index (κ3) is 3.14. The van der Waals surface area contributed by atoms with Crippen molar-refractivity contribution >= 4 is 17.3 Å². The molecule has 0 amide bonds. The molecule has 0 aliphatic heterocycles. The Hall–Kier alpha value is -0.830. The zero-order valence-corrected chi connectivity index (χ0v) is 9.54. The highest BCUT2D eigenvalue weighted by molar-refractivity contribution is 6.29. The average molecular weight is 214 g/mol. The predicted octanol–water partition coefficient (Wildman–Crippen LogP) is 2.98. The van der Waals surface area contributed by atoms with Crippen molar-refractivity contribution in [3.8, 4) is 0 Å². The first kappa shape index (κ1) is 11.2. The number of anilines is 1. The van der Waals surface area contributed by atoms with Crippen LogP contribution in [0.5, 0.6) is 0 Å². The zero-order chi connectivity index (χ0) is 10.6. The van der Waals surface area contributed by atoms with Crippen molar-refractivity contribution in [1.82, 2.24) is 10.2 Å². The predicted molar refractivity (Wildman–Crippen MR) is 59.6 cm³/mol. The van der Waals surface area contributed by atoms with Crippen LogP contribution < -0.4 is 5.32 Å². The van der Waals surface area contributed by atoms with E-state index in [0.717, 1.165) is 12.1 Å². The van der Waals surface area contributed by atoms with Gasteiger partial charge in [0.1, 0.15) is 0 Å². The van der Waals surface area contributed by atoms with E-state index in [1.54, 1.807) is 12.3 Å². The average Bonchev–Trinajstić information content (AvgIpc) is 2.16. The van der Waals surface area contributed by atoms with Gasteiger partial charge in [-0.1, -0.05) is 31.9 Å². The lowest BCUT2D eigenvalue weighted by Gasteiger charge is -2.20. The minimum Gasteiger partial charge on any atom is -0.381 e. The number of halogens is 1. The van der Waals surface area contributed by atoms with Crippen LogP contribution in [0.25, 0.3) is 0 Å². The summed E-state index contributed by atoms with van der Waals surface area (Å²) in [5.74, 6) is 0.627. The van der Waals surface area contributed by atoms with Gasteiger partial charge in [0, 0.05) is 12.1 Å². The summed E-state index contributed by atoms with van der Waals surface area (Å²) < 4.78 is 0. The van der Waals surface area contributed by atoms with Crippen molar-refractivity contribution in [3.63, 3.8) is 0 Å². The van der Waals surface area contributed by atoms with Gasteiger partial charge in [-0.05, 0) is 12.8 Å². The van der Waals surface area contributed by atoms with Crippen LogP contribution in [-0.2, 0) is 0 Å². The van der Waals surface area contributed by atoms with E-state index in [1.165, 1.54) is 0 Å². The maximum atomic E-state index is 5.73. The van der Waals surface area contributed by atoms with Crippen molar-refractivity contribution in [2.45, 2.75) is 33.2 Å². The molecule has 0 aliphatic carbocycles. The van der Waals surface area contributed by atoms with Gasteiger partial charge in [0.15, 0.2) is 5.15 Å². The van der Waals surface area contributed by atoms with Crippen LogP contribution in [0.15, 0.2) is 12.3 Å². The molecular weight excluding hydrogens is 198 g/mol. The molecular formula is C10H16ClN3. The van der Waals surface area contributed by atoms with Crippen LogP contribution >= 0.6 is 11.6 Å². The van der Waals surface area contributed by atoms with Crippen LogP contribution in [0.4, 0.5) is 5.69 Å². The molecule has 2 atom stereocenters. The first-order chi connectivity index (χ1) is 6.63. The number of hydrogen-bond acceptors (Lipinski definition) is 3. The summed E-state index contributed by atoms with van der Waals surface area (Å²) in [6.07, 6.45) is 2.84. The molecule has 1 aromatic rings. The lowest BCUT2D eigenvalue weighted by atomic mass is 10.0. The highest BCUT2D eigenvalue weighted by Gasteiger charge is 2.09. The fourth-order valence-electron chi connectivity index (χ4n) is 1.18. The fraction of sp³-hybridized carbons (Fsp3) is 0.600. The molecule has 0 saturated heterocycles. The van der Waals surface area contributed by atoms with E-state index < -0.39 is 0 Å². The van der Waals surface area contributed by atoms with E-state index >= 15 is 0 Å². The van der Waals surface area contributed by atoms with Crippen LogP contribution in [-0.4, -0.2) is 16.2 Å². The SMILES string of the molecule is CCC(C)C(C)Nc1cnnc(Cl)c1. The van der Waals surface area contributed by atoms with Gasteiger partial charge >= 0.3 is 0 Å². The molecule has 78 valence electrons. The second-order valence-corrected chi connectivity index (χ2v) is 3.97. The Kier molecular flexibility index (Phi) is 4.14. The molecule has 0 bridgehead atoms. The fourth-order valence-corrected chi connectivity index (χ4v) is 1.34. The Morgan fingerprint density at radius 3 is 2.79 bits per heavy atom. The zero-order valence-electron chi connectivity index (χ0n) is 8.79. The number of rotatable bonds is 4. The summed E-state index contributed by atoms with van der Waals surface area (Å²) in [5, 5.41) is 11.2. The molecule has 0 fully saturated rings. The Labute approximate surface area is 89.9 Å². The first-order valence-electron chi connectivity index (χ1n) is 4.88. The Balaban J connectivity index is 2.60. The number of nitrogens with zero attached hydrogens (tertiary/aromatic N) is 2. The molecule has 4 heteroatoms. The monoisotopic (exact) mass is 213 g/mol. The molecule has 0 saturated carbocycles. The normalized spacial score (nSPS) is 14.9. The largest absolute Gasteiger partial charge is 0.381 e. The molecule has 2 unspecified atom stereocenters. The van der Waals surface area contributed by atoms with Crippen LogP contribution in [0.3, 0.4) is 0 Å².